The lowest BCUT2D eigenvalue weighted by Gasteiger charge is -2.19. The Kier molecular flexibility index (Phi) is 5.63. The number of furan rings is 1. The van der Waals surface area contributed by atoms with Crippen molar-refractivity contribution in [3.8, 4) is 11.5 Å². The number of ketones is 1. The second-order valence-corrected chi connectivity index (χ2v) is 8.14. The lowest BCUT2D eigenvalue weighted by Crippen LogP contribution is -2.11. The van der Waals surface area contributed by atoms with Gasteiger partial charge in [-0.05, 0) is 45.4 Å². The van der Waals surface area contributed by atoms with Gasteiger partial charge in [-0.15, -0.1) is 10.2 Å². The van der Waals surface area contributed by atoms with E-state index in [9.17, 15) is 4.79 Å². The molecule has 0 bridgehead atoms. The number of benzene rings is 1. The maximum atomic E-state index is 12.9. The first kappa shape index (κ1) is 20.2. The number of aromatic nitrogens is 3. The van der Waals surface area contributed by atoms with Crippen LogP contribution in [0, 0.1) is 20.8 Å². The van der Waals surface area contributed by atoms with E-state index in [0.717, 1.165) is 22.5 Å². The normalized spacial score (nSPS) is 12.3. The van der Waals surface area contributed by atoms with Gasteiger partial charge in [-0.2, -0.15) is 0 Å². The summed E-state index contributed by atoms with van der Waals surface area (Å²) in [5, 5.41) is 8.46. The number of thioether (sulfide) groups is 1. The molecule has 0 amide bonds. The topological polar surface area (TPSA) is 74.1 Å². The average molecular weight is 422 g/mol. The number of carbonyl (C=O) groups is 1. The fourth-order valence-electron chi connectivity index (χ4n) is 3.72. The lowest BCUT2D eigenvalue weighted by molar-refractivity contribution is 0.102. The summed E-state index contributed by atoms with van der Waals surface area (Å²) in [6.07, 6.45) is 1.58. The van der Waals surface area contributed by atoms with Crippen LogP contribution in [-0.2, 0) is 0 Å². The molecule has 0 aliphatic heterocycles. The Hall–Kier alpha value is -3.06. The standard InChI is InChI=1S/C23H23N3O3S/c1-14-12-20(16(3)26(14)15(2)18-8-6-5-7-9-18)21(27)13-30-23-25-24-22(29-23)19-10-11-28-17(19)4/h5-12,15H,13H2,1-4H3/t15-/m0/s1. The maximum Gasteiger partial charge on any atom is 0.277 e. The van der Waals surface area contributed by atoms with Crippen LogP contribution in [0.2, 0.25) is 0 Å². The highest BCUT2D eigenvalue weighted by Gasteiger charge is 2.21. The molecule has 154 valence electrons. The van der Waals surface area contributed by atoms with E-state index in [2.05, 4.69) is 33.8 Å². The lowest BCUT2D eigenvalue weighted by atomic mass is 10.1. The zero-order valence-corrected chi connectivity index (χ0v) is 18.2. The Labute approximate surface area is 179 Å². The van der Waals surface area contributed by atoms with Gasteiger partial charge in [0.15, 0.2) is 5.78 Å². The smallest absolute Gasteiger partial charge is 0.277 e. The summed E-state index contributed by atoms with van der Waals surface area (Å²) in [6.45, 7) is 8.02. The highest BCUT2D eigenvalue weighted by molar-refractivity contribution is 7.99. The number of hydrogen-bond donors (Lipinski definition) is 0. The van der Waals surface area contributed by atoms with Gasteiger partial charge in [0.2, 0.25) is 0 Å². The van der Waals surface area contributed by atoms with Crippen LogP contribution in [0.3, 0.4) is 0 Å². The van der Waals surface area contributed by atoms with E-state index >= 15 is 0 Å². The molecule has 0 radical (unpaired) electrons. The highest BCUT2D eigenvalue weighted by Crippen LogP contribution is 2.29. The van der Waals surface area contributed by atoms with E-state index in [1.165, 1.54) is 17.3 Å². The molecule has 7 heteroatoms. The second-order valence-electron chi connectivity index (χ2n) is 7.22. The third kappa shape index (κ3) is 3.85. The van der Waals surface area contributed by atoms with Crippen molar-refractivity contribution in [1.29, 1.82) is 0 Å². The van der Waals surface area contributed by atoms with Crippen LogP contribution in [-0.4, -0.2) is 26.3 Å². The summed E-state index contributed by atoms with van der Waals surface area (Å²) < 4.78 is 13.2. The van der Waals surface area contributed by atoms with E-state index < -0.39 is 0 Å². The molecular weight excluding hydrogens is 398 g/mol. The van der Waals surface area contributed by atoms with Crippen LogP contribution < -0.4 is 0 Å². The van der Waals surface area contributed by atoms with Gasteiger partial charge in [0.05, 0.1) is 23.6 Å². The molecule has 0 aliphatic carbocycles. The first-order valence-corrected chi connectivity index (χ1v) is 10.7. The van der Waals surface area contributed by atoms with Crippen molar-refractivity contribution in [1.82, 2.24) is 14.8 Å². The number of carbonyl (C=O) groups excluding carboxylic acids is 1. The van der Waals surface area contributed by atoms with Crippen molar-refractivity contribution in [2.24, 2.45) is 0 Å². The molecule has 3 aromatic heterocycles. The van der Waals surface area contributed by atoms with Crippen molar-refractivity contribution < 1.29 is 13.6 Å². The van der Waals surface area contributed by atoms with Crippen molar-refractivity contribution >= 4 is 17.5 Å². The molecule has 4 aromatic rings. The van der Waals surface area contributed by atoms with Gasteiger partial charge in [0.1, 0.15) is 5.76 Å². The fourth-order valence-corrected chi connectivity index (χ4v) is 4.37. The predicted octanol–water partition coefficient (Wildman–Crippen LogP) is 5.64. The van der Waals surface area contributed by atoms with Crippen LogP contribution in [0.1, 0.15) is 46.0 Å². The molecule has 3 heterocycles. The van der Waals surface area contributed by atoms with Crippen LogP contribution in [0.5, 0.6) is 0 Å². The summed E-state index contributed by atoms with van der Waals surface area (Å²) in [4.78, 5) is 12.9. The summed E-state index contributed by atoms with van der Waals surface area (Å²) in [5.41, 5.74) is 4.73. The van der Waals surface area contributed by atoms with E-state index in [-0.39, 0.29) is 17.6 Å². The Balaban J connectivity index is 1.48. The summed E-state index contributed by atoms with van der Waals surface area (Å²) in [6, 6.07) is 14.2. The van der Waals surface area contributed by atoms with Crippen LogP contribution in [0.4, 0.5) is 0 Å². The summed E-state index contributed by atoms with van der Waals surface area (Å²) in [5.74, 6) is 1.38. The molecule has 30 heavy (non-hydrogen) atoms. The SMILES string of the molecule is Cc1occc1-c1nnc(SCC(=O)c2cc(C)n([C@@H](C)c3ccccc3)c2C)o1. The largest absolute Gasteiger partial charge is 0.469 e. The zero-order chi connectivity index (χ0) is 21.3. The maximum absolute atomic E-state index is 12.9. The van der Waals surface area contributed by atoms with Crippen LogP contribution in [0.15, 0.2) is 62.8 Å². The number of nitrogens with zero attached hydrogens (tertiary/aromatic N) is 3. The molecule has 0 unspecified atom stereocenters. The monoisotopic (exact) mass is 421 g/mol. The van der Waals surface area contributed by atoms with E-state index in [4.69, 9.17) is 8.83 Å². The van der Waals surface area contributed by atoms with Gasteiger partial charge in [-0.3, -0.25) is 4.79 Å². The zero-order valence-electron chi connectivity index (χ0n) is 17.4. The molecule has 0 spiro atoms. The van der Waals surface area contributed by atoms with Gasteiger partial charge in [0.25, 0.3) is 11.1 Å². The number of hydrogen-bond acceptors (Lipinski definition) is 6. The van der Waals surface area contributed by atoms with Crippen LogP contribution in [0.25, 0.3) is 11.5 Å². The second kappa shape index (κ2) is 8.36. The van der Waals surface area contributed by atoms with E-state index in [1.54, 1.807) is 12.3 Å². The Morgan fingerprint density at radius 2 is 1.90 bits per heavy atom. The molecule has 6 nitrogen and oxygen atoms in total. The molecule has 0 fully saturated rings. The fraction of sp³-hybridized carbons (Fsp3) is 0.261. The minimum atomic E-state index is 0.0406. The quantitative estimate of drug-likeness (QED) is 0.284. The Morgan fingerprint density at radius 1 is 1.13 bits per heavy atom. The Bertz CT molecular complexity index is 1170. The average Bonchev–Trinajstić information content (AvgIpc) is 3.45. The van der Waals surface area contributed by atoms with Gasteiger partial charge in [-0.25, -0.2) is 0 Å². The molecule has 1 atom stereocenters. The third-order valence-electron chi connectivity index (χ3n) is 5.28. The van der Waals surface area contributed by atoms with Gasteiger partial charge in [-0.1, -0.05) is 42.1 Å². The molecule has 0 aliphatic rings. The molecule has 0 saturated carbocycles. The molecule has 0 N–H and O–H groups in total. The van der Waals surface area contributed by atoms with Gasteiger partial charge >= 0.3 is 0 Å². The minimum Gasteiger partial charge on any atom is -0.469 e. The Morgan fingerprint density at radius 3 is 2.60 bits per heavy atom. The number of aryl methyl sites for hydroxylation is 2. The predicted molar refractivity (Wildman–Crippen MR) is 116 cm³/mol. The van der Waals surface area contributed by atoms with Crippen molar-refractivity contribution in [2.75, 3.05) is 5.75 Å². The third-order valence-corrected chi connectivity index (χ3v) is 6.09. The first-order valence-electron chi connectivity index (χ1n) is 9.73. The minimum absolute atomic E-state index is 0.0406. The molecular formula is C23H23N3O3S. The van der Waals surface area contributed by atoms with Gasteiger partial charge < -0.3 is 13.4 Å². The van der Waals surface area contributed by atoms with Gasteiger partial charge in [0, 0.05) is 17.0 Å². The molecule has 4 rings (SSSR count). The first-order chi connectivity index (χ1) is 14.5. The highest BCUT2D eigenvalue weighted by atomic mass is 32.2. The summed E-state index contributed by atoms with van der Waals surface area (Å²) >= 11 is 1.25. The number of Topliss-reactive ketones (excluding diaryl/α,β-unsaturated/α-hetero) is 1. The van der Waals surface area contributed by atoms with Crippen molar-refractivity contribution in [3.63, 3.8) is 0 Å². The van der Waals surface area contributed by atoms with Crippen LogP contribution >= 0.6 is 11.8 Å². The van der Waals surface area contributed by atoms with E-state index in [0.29, 0.717) is 16.9 Å². The van der Waals surface area contributed by atoms with E-state index in [1.807, 2.05) is 45.0 Å². The summed E-state index contributed by atoms with van der Waals surface area (Å²) in [7, 11) is 0. The molecule has 0 saturated heterocycles. The van der Waals surface area contributed by atoms with Crippen molar-refractivity contribution in [2.45, 2.75) is 39.0 Å². The van der Waals surface area contributed by atoms with Crippen molar-refractivity contribution in [3.05, 3.63) is 77.0 Å². The molecule has 1 aromatic carbocycles. The number of rotatable bonds is 7.